The highest BCUT2D eigenvalue weighted by Crippen LogP contribution is 2.16. The molecule has 7 heteroatoms. The molecule has 1 N–H and O–H groups in total. The Kier molecular flexibility index (Phi) is 6.88. The first-order valence-corrected chi connectivity index (χ1v) is 9.96. The number of carbonyl (C=O) groups excluding carboxylic acids is 1. The van der Waals surface area contributed by atoms with Crippen molar-refractivity contribution in [3.05, 3.63) is 65.5 Å². The third-order valence-corrected chi connectivity index (χ3v) is 6.16. The number of nitrogens with zero attached hydrogens (tertiary/aromatic N) is 1. The molecule has 0 aliphatic carbocycles. The molecule has 26 heavy (non-hydrogen) atoms. The molecule has 0 fully saturated rings. The standard InChI is InChI=1S/C19H23FN2O3S/c1-3-22(4-2)26(24,25)17-11-9-16(10-12-17)19(23)21-14-13-15-7-5-6-8-18(15)20/h5-12H,3-4,13-14H2,1-2H3,(H,21,23). The van der Waals surface area contributed by atoms with Gasteiger partial charge in [-0.1, -0.05) is 32.0 Å². The molecule has 5 nitrogen and oxygen atoms in total. The van der Waals surface area contributed by atoms with Crippen molar-refractivity contribution in [3.63, 3.8) is 0 Å². The van der Waals surface area contributed by atoms with E-state index in [2.05, 4.69) is 5.32 Å². The lowest BCUT2D eigenvalue weighted by atomic mass is 10.1. The van der Waals surface area contributed by atoms with Crippen LogP contribution < -0.4 is 5.32 Å². The molecule has 0 saturated heterocycles. The normalized spacial score (nSPS) is 11.5. The van der Waals surface area contributed by atoms with Gasteiger partial charge in [-0.3, -0.25) is 4.79 Å². The molecule has 2 aromatic carbocycles. The first-order chi connectivity index (χ1) is 12.4. The number of benzene rings is 2. The van der Waals surface area contributed by atoms with Gasteiger partial charge in [0.15, 0.2) is 0 Å². The molecule has 2 rings (SSSR count). The van der Waals surface area contributed by atoms with E-state index in [0.717, 1.165) is 0 Å². The quantitative estimate of drug-likeness (QED) is 0.768. The second-order valence-electron chi connectivity index (χ2n) is 5.71. The molecule has 0 heterocycles. The Morgan fingerprint density at radius 3 is 2.23 bits per heavy atom. The minimum absolute atomic E-state index is 0.157. The maximum atomic E-state index is 13.5. The summed E-state index contributed by atoms with van der Waals surface area (Å²) in [6, 6.07) is 12.2. The number of sulfonamides is 1. The van der Waals surface area contributed by atoms with Gasteiger partial charge < -0.3 is 5.32 Å². The molecule has 0 spiro atoms. The van der Waals surface area contributed by atoms with Gasteiger partial charge in [-0.15, -0.1) is 0 Å². The van der Waals surface area contributed by atoms with Gasteiger partial charge in [0.25, 0.3) is 5.91 Å². The molecular formula is C19H23FN2O3S. The number of amides is 1. The van der Waals surface area contributed by atoms with E-state index in [1.165, 1.54) is 34.6 Å². The number of rotatable bonds is 8. The van der Waals surface area contributed by atoms with Gasteiger partial charge in [-0.2, -0.15) is 4.31 Å². The van der Waals surface area contributed by atoms with Crippen LogP contribution in [0.1, 0.15) is 29.8 Å². The van der Waals surface area contributed by atoms with Crippen LogP contribution in [0.15, 0.2) is 53.4 Å². The summed E-state index contributed by atoms with van der Waals surface area (Å²) >= 11 is 0. The minimum Gasteiger partial charge on any atom is -0.352 e. The second-order valence-corrected chi connectivity index (χ2v) is 7.65. The monoisotopic (exact) mass is 378 g/mol. The smallest absolute Gasteiger partial charge is 0.251 e. The fourth-order valence-corrected chi connectivity index (χ4v) is 4.06. The van der Waals surface area contributed by atoms with Crippen molar-refractivity contribution in [1.82, 2.24) is 9.62 Å². The van der Waals surface area contributed by atoms with Crippen molar-refractivity contribution in [1.29, 1.82) is 0 Å². The highest BCUT2D eigenvalue weighted by molar-refractivity contribution is 7.89. The summed E-state index contributed by atoms with van der Waals surface area (Å²) in [6.45, 7) is 4.62. The Hall–Kier alpha value is -2.25. The van der Waals surface area contributed by atoms with Crippen LogP contribution in [0.5, 0.6) is 0 Å². The van der Waals surface area contributed by atoms with Gasteiger partial charge in [0, 0.05) is 25.2 Å². The van der Waals surface area contributed by atoms with Crippen LogP contribution in [0, 0.1) is 5.82 Å². The van der Waals surface area contributed by atoms with E-state index in [4.69, 9.17) is 0 Å². The lowest BCUT2D eigenvalue weighted by Crippen LogP contribution is -2.30. The summed E-state index contributed by atoms with van der Waals surface area (Å²) in [5, 5.41) is 2.71. The largest absolute Gasteiger partial charge is 0.352 e. The molecule has 0 saturated carbocycles. The number of halogens is 1. The summed E-state index contributed by atoms with van der Waals surface area (Å²) in [5.41, 5.74) is 0.894. The summed E-state index contributed by atoms with van der Waals surface area (Å²) in [5.74, 6) is -0.624. The molecule has 0 bridgehead atoms. The zero-order valence-electron chi connectivity index (χ0n) is 14.9. The number of hydrogen-bond donors (Lipinski definition) is 1. The van der Waals surface area contributed by atoms with Gasteiger partial charge in [0.2, 0.25) is 10.0 Å². The van der Waals surface area contributed by atoms with Crippen LogP contribution in [-0.4, -0.2) is 38.3 Å². The van der Waals surface area contributed by atoms with Gasteiger partial charge in [-0.25, -0.2) is 12.8 Å². The molecule has 2 aromatic rings. The van der Waals surface area contributed by atoms with Gasteiger partial charge >= 0.3 is 0 Å². The Morgan fingerprint density at radius 1 is 1.04 bits per heavy atom. The Balaban J connectivity index is 1.99. The maximum Gasteiger partial charge on any atom is 0.251 e. The molecule has 1 amide bonds. The molecule has 0 aromatic heterocycles. The second kappa shape index (κ2) is 8.91. The fraction of sp³-hybridized carbons (Fsp3) is 0.316. The van der Waals surface area contributed by atoms with Crippen molar-refractivity contribution in [2.24, 2.45) is 0 Å². The molecule has 140 valence electrons. The summed E-state index contributed by atoms with van der Waals surface area (Å²) in [4.78, 5) is 12.3. The predicted octanol–water partition coefficient (Wildman–Crippen LogP) is 2.83. The first kappa shape index (κ1) is 20.1. The maximum absolute atomic E-state index is 13.5. The third kappa shape index (κ3) is 4.68. The van der Waals surface area contributed by atoms with Crippen LogP contribution in [0.25, 0.3) is 0 Å². The van der Waals surface area contributed by atoms with Crippen molar-refractivity contribution in [3.8, 4) is 0 Å². The van der Waals surface area contributed by atoms with Crippen molar-refractivity contribution in [2.45, 2.75) is 25.2 Å². The lowest BCUT2D eigenvalue weighted by molar-refractivity contribution is 0.0954. The summed E-state index contributed by atoms with van der Waals surface area (Å²) < 4.78 is 39.8. The fourth-order valence-electron chi connectivity index (χ4n) is 2.60. The zero-order chi connectivity index (χ0) is 19.2. The Morgan fingerprint density at radius 2 is 1.65 bits per heavy atom. The van der Waals surface area contributed by atoms with Crippen molar-refractivity contribution in [2.75, 3.05) is 19.6 Å². The van der Waals surface area contributed by atoms with E-state index in [1.807, 2.05) is 0 Å². The highest BCUT2D eigenvalue weighted by Gasteiger charge is 2.21. The number of hydrogen-bond acceptors (Lipinski definition) is 3. The van der Waals surface area contributed by atoms with E-state index in [9.17, 15) is 17.6 Å². The average Bonchev–Trinajstić information content (AvgIpc) is 2.64. The van der Waals surface area contributed by atoms with Crippen LogP contribution >= 0.6 is 0 Å². The molecule has 0 unspecified atom stereocenters. The SMILES string of the molecule is CCN(CC)S(=O)(=O)c1ccc(C(=O)NCCc2ccccc2F)cc1. The summed E-state index contributed by atoms with van der Waals surface area (Å²) in [6.07, 6.45) is 0.382. The zero-order valence-corrected chi connectivity index (χ0v) is 15.7. The molecule has 0 aliphatic heterocycles. The predicted molar refractivity (Wildman–Crippen MR) is 99.0 cm³/mol. The minimum atomic E-state index is -3.54. The van der Waals surface area contributed by atoms with E-state index in [-0.39, 0.29) is 16.6 Å². The Bertz CT molecular complexity index is 847. The van der Waals surface area contributed by atoms with Gasteiger partial charge in [0.1, 0.15) is 5.82 Å². The molecule has 0 atom stereocenters. The molecule has 0 radical (unpaired) electrons. The highest BCUT2D eigenvalue weighted by atomic mass is 32.2. The summed E-state index contributed by atoms with van der Waals surface area (Å²) in [7, 11) is -3.54. The van der Waals surface area contributed by atoms with Gasteiger partial charge in [-0.05, 0) is 42.3 Å². The third-order valence-electron chi connectivity index (χ3n) is 4.10. The molecular weight excluding hydrogens is 355 g/mol. The average molecular weight is 378 g/mol. The van der Waals surface area contributed by atoms with Crippen molar-refractivity contribution >= 4 is 15.9 Å². The van der Waals surface area contributed by atoms with E-state index in [0.29, 0.717) is 37.2 Å². The topological polar surface area (TPSA) is 66.5 Å². The van der Waals surface area contributed by atoms with Crippen LogP contribution in [0.2, 0.25) is 0 Å². The van der Waals surface area contributed by atoms with Crippen LogP contribution in [0.3, 0.4) is 0 Å². The van der Waals surface area contributed by atoms with Crippen LogP contribution in [0.4, 0.5) is 4.39 Å². The van der Waals surface area contributed by atoms with Gasteiger partial charge in [0.05, 0.1) is 4.90 Å². The van der Waals surface area contributed by atoms with Crippen molar-refractivity contribution < 1.29 is 17.6 Å². The number of nitrogens with one attached hydrogen (secondary N) is 1. The molecule has 0 aliphatic rings. The van der Waals surface area contributed by atoms with E-state index >= 15 is 0 Å². The number of carbonyl (C=O) groups is 1. The van der Waals surface area contributed by atoms with E-state index in [1.54, 1.807) is 32.0 Å². The first-order valence-electron chi connectivity index (χ1n) is 8.52. The lowest BCUT2D eigenvalue weighted by Gasteiger charge is -2.18. The van der Waals surface area contributed by atoms with Crippen LogP contribution in [-0.2, 0) is 16.4 Å². The van der Waals surface area contributed by atoms with E-state index < -0.39 is 10.0 Å². The Labute approximate surface area is 153 Å².